The maximum Gasteiger partial charge on any atom is 0.278 e. The zero-order valence-electron chi connectivity index (χ0n) is 15.8. The van der Waals surface area contributed by atoms with E-state index < -0.39 is 35.1 Å². The van der Waals surface area contributed by atoms with Crippen LogP contribution in [0.2, 0.25) is 0 Å². The lowest BCUT2D eigenvalue weighted by atomic mass is 10.0. The molecular formula is C23H14F4N2O2. The second kappa shape index (κ2) is 8.06. The van der Waals surface area contributed by atoms with E-state index in [1.54, 1.807) is 6.07 Å². The van der Waals surface area contributed by atoms with Crippen LogP contribution in [0.3, 0.4) is 0 Å². The highest BCUT2D eigenvalue weighted by Crippen LogP contribution is 2.32. The maximum atomic E-state index is 14.1. The average Bonchev–Trinajstić information content (AvgIpc) is 2.97. The molecule has 0 saturated carbocycles. The molecule has 0 fully saturated rings. The summed E-state index contributed by atoms with van der Waals surface area (Å²) in [6.07, 6.45) is 0. The zero-order chi connectivity index (χ0) is 22.1. The molecule has 0 bridgehead atoms. The van der Waals surface area contributed by atoms with Crippen LogP contribution in [0, 0.1) is 23.3 Å². The Balaban J connectivity index is 1.76. The predicted molar refractivity (Wildman–Crippen MR) is 105 cm³/mol. The fourth-order valence-corrected chi connectivity index (χ4v) is 3.24. The van der Waals surface area contributed by atoms with Gasteiger partial charge in [-0.1, -0.05) is 30.3 Å². The first-order chi connectivity index (χ1) is 14.8. The third kappa shape index (κ3) is 3.92. The molecule has 4 nitrogen and oxygen atoms in total. The number of carbonyl (C=O) groups excluding carboxylic acids is 2. The monoisotopic (exact) mass is 426 g/mol. The van der Waals surface area contributed by atoms with Gasteiger partial charge >= 0.3 is 0 Å². The molecule has 0 unspecified atom stereocenters. The number of anilines is 1. The average molecular weight is 426 g/mol. The van der Waals surface area contributed by atoms with Crippen LogP contribution in [0.1, 0.15) is 11.1 Å². The Kier molecular flexibility index (Phi) is 5.29. The van der Waals surface area contributed by atoms with Crippen LogP contribution in [-0.4, -0.2) is 16.7 Å². The van der Waals surface area contributed by atoms with Crippen molar-refractivity contribution < 1.29 is 27.2 Å². The third-order valence-electron chi connectivity index (χ3n) is 4.78. The van der Waals surface area contributed by atoms with Crippen LogP contribution in [0.5, 0.6) is 0 Å². The quantitative estimate of drug-likeness (QED) is 0.478. The van der Waals surface area contributed by atoms with Gasteiger partial charge in [0.25, 0.3) is 11.8 Å². The Hall–Kier alpha value is -3.94. The van der Waals surface area contributed by atoms with Crippen molar-refractivity contribution in [1.29, 1.82) is 0 Å². The summed E-state index contributed by atoms with van der Waals surface area (Å²) in [5.41, 5.74) is 0.0880. The number of imide groups is 1. The van der Waals surface area contributed by atoms with Crippen molar-refractivity contribution in [3.8, 4) is 0 Å². The van der Waals surface area contributed by atoms with E-state index in [9.17, 15) is 27.2 Å². The largest absolute Gasteiger partial charge is 0.350 e. The summed E-state index contributed by atoms with van der Waals surface area (Å²) in [6.45, 7) is -0.335. The van der Waals surface area contributed by atoms with Gasteiger partial charge in [-0.15, -0.1) is 0 Å². The molecule has 0 saturated heterocycles. The fraction of sp³-hybridized carbons (Fsp3) is 0.0435. The van der Waals surface area contributed by atoms with Gasteiger partial charge in [-0.2, -0.15) is 0 Å². The van der Waals surface area contributed by atoms with Crippen molar-refractivity contribution in [2.24, 2.45) is 0 Å². The second-order valence-corrected chi connectivity index (χ2v) is 6.80. The molecule has 3 aromatic carbocycles. The number of benzene rings is 3. The number of hydrogen-bond donors (Lipinski definition) is 1. The van der Waals surface area contributed by atoms with Gasteiger partial charge in [0.05, 0.1) is 12.1 Å². The molecule has 0 aliphatic carbocycles. The minimum absolute atomic E-state index is 0.0300. The molecule has 8 heteroatoms. The molecule has 1 aliphatic heterocycles. The van der Waals surface area contributed by atoms with Gasteiger partial charge in [0.1, 0.15) is 17.3 Å². The fourth-order valence-electron chi connectivity index (χ4n) is 3.24. The van der Waals surface area contributed by atoms with Crippen molar-refractivity contribution in [3.05, 3.63) is 107 Å². The Morgan fingerprint density at radius 3 is 2.13 bits per heavy atom. The van der Waals surface area contributed by atoms with Crippen molar-refractivity contribution in [1.82, 2.24) is 4.90 Å². The first-order valence-electron chi connectivity index (χ1n) is 9.17. The summed E-state index contributed by atoms with van der Waals surface area (Å²) in [7, 11) is 0. The van der Waals surface area contributed by atoms with Crippen LogP contribution in [0.4, 0.5) is 23.2 Å². The third-order valence-corrected chi connectivity index (χ3v) is 4.78. The van der Waals surface area contributed by atoms with E-state index in [0.29, 0.717) is 0 Å². The topological polar surface area (TPSA) is 49.4 Å². The summed E-state index contributed by atoms with van der Waals surface area (Å²) < 4.78 is 54.3. The first-order valence-corrected chi connectivity index (χ1v) is 9.17. The molecule has 3 aromatic rings. The number of halogens is 4. The van der Waals surface area contributed by atoms with E-state index in [-0.39, 0.29) is 34.6 Å². The summed E-state index contributed by atoms with van der Waals surface area (Å²) in [5, 5.41) is 2.66. The number of amides is 2. The van der Waals surface area contributed by atoms with Gasteiger partial charge in [0.15, 0.2) is 11.6 Å². The maximum absolute atomic E-state index is 14.1. The van der Waals surface area contributed by atoms with E-state index in [4.69, 9.17) is 0 Å². The van der Waals surface area contributed by atoms with E-state index in [1.807, 2.05) is 0 Å². The number of carbonyl (C=O) groups is 2. The minimum atomic E-state index is -1.14. The Bertz CT molecular complexity index is 1220. The van der Waals surface area contributed by atoms with Gasteiger partial charge in [-0.05, 0) is 35.9 Å². The normalized spacial score (nSPS) is 13.9. The molecule has 31 heavy (non-hydrogen) atoms. The molecule has 156 valence electrons. The summed E-state index contributed by atoms with van der Waals surface area (Å²) >= 11 is 0. The zero-order valence-corrected chi connectivity index (χ0v) is 15.8. The van der Waals surface area contributed by atoms with Crippen LogP contribution in [-0.2, 0) is 16.1 Å². The van der Waals surface area contributed by atoms with Crippen LogP contribution in [0.15, 0.2) is 72.4 Å². The van der Waals surface area contributed by atoms with Gasteiger partial charge in [0, 0.05) is 17.3 Å². The molecule has 4 rings (SSSR count). The van der Waals surface area contributed by atoms with Crippen LogP contribution < -0.4 is 5.32 Å². The Morgan fingerprint density at radius 1 is 0.742 bits per heavy atom. The molecule has 1 N–H and O–H groups in total. The van der Waals surface area contributed by atoms with Crippen LogP contribution >= 0.6 is 0 Å². The molecule has 1 heterocycles. The smallest absolute Gasteiger partial charge is 0.278 e. The predicted octanol–water partition coefficient (Wildman–Crippen LogP) is 4.64. The minimum Gasteiger partial charge on any atom is -0.350 e. The SMILES string of the molecule is O=C1C(Nc2ccc(F)c(F)c2)=C(c2ccc(F)cc2)C(=O)N1Cc1ccccc1F. The molecule has 2 amide bonds. The van der Waals surface area contributed by atoms with Crippen molar-refractivity contribution >= 4 is 23.1 Å². The Labute approximate surface area is 174 Å². The number of nitrogens with zero attached hydrogens (tertiary/aromatic N) is 1. The van der Waals surface area contributed by atoms with Crippen molar-refractivity contribution in [2.45, 2.75) is 6.54 Å². The van der Waals surface area contributed by atoms with E-state index in [0.717, 1.165) is 29.2 Å². The first kappa shape index (κ1) is 20.3. The van der Waals surface area contributed by atoms with E-state index in [1.165, 1.54) is 36.4 Å². The molecule has 0 aromatic heterocycles. The summed E-state index contributed by atoms with van der Waals surface area (Å²) in [6, 6.07) is 13.5. The number of hydrogen-bond acceptors (Lipinski definition) is 3. The standard InChI is InChI=1S/C23H14F4N2O2/c24-15-7-5-13(6-8-15)20-21(28-16-9-10-18(26)19(27)11-16)23(31)29(22(20)30)12-14-3-1-2-4-17(14)25/h1-11,28H,12H2. The lowest BCUT2D eigenvalue weighted by Gasteiger charge is -2.16. The van der Waals surface area contributed by atoms with Crippen LogP contribution in [0.25, 0.3) is 5.57 Å². The summed E-state index contributed by atoms with van der Waals surface area (Å²) in [5.74, 6) is -4.86. The molecule has 1 aliphatic rings. The highest BCUT2D eigenvalue weighted by molar-refractivity contribution is 6.36. The van der Waals surface area contributed by atoms with Crippen molar-refractivity contribution in [3.63, 3.8) is 0 Å². The lowest BCUT2D eigenvalue weighted by molar-refractivity contribution is -0.137. The lowest BCUT2D eigenvalue weighted by Crippen LogP contribution is -2.32. The number of rotatable bonds is 5. The van der Waals surface area contributed by atoms with E-state index in [2.05, 4.69) is 5.32 Å². The highest BCUT2D eigenvalue weighted by atomic mass is 19.2. The number of nitrogens with one attached hydrogen (secondary N) is 1. The van der Waals surface area contributed by atoms with E-state index >= 15 is 0 Å². The summed E-state index contributed by atoms with van der Waals surface area (Å²) in [4.78, 5) is 27.0. The molecular weight excluding hydrogens is 412 g/mol. The van der Waals surface area contributed by atoms with Gasteiger partial charge in [-0.25, -0.2) is 17.6 Å². The van der Waals surface area contributed by atoms with Gasteiger partial charge < -0.3 is 5.32 Å². The van der Waals surface area contributed by atoms with Gasteiger partial charge in [0.2, 0.25) is 0 Å². The van der Waals surface area contributed by atoms with Gasteiger partial charge in [-0.3, -0.25) is 14.5 Å². The highest BCUT2D eigenvalue weighted by Gasteiger charge is 2.39. The molecule has 0 radical (unpaired) electrons. The second-order valence-electron chi connectivity index (χ2n) is 6.80. The molecule has 0 spiro atoms. The Morgan fingerprint density at radius 2 is 1.45 bits per heavy atom. The molecule has 0 atom stereocenters. The van der Waals surface area contributed by atoms with Crippen molar-refractivity contribution in [2.75, 3.05) is 5.32 Å².